The van der Waals surface area contributed by atoms with Crippen molar-refractivity contribution in [3.8, 4) is 6.07 Å². The molecule has 0 aliphatic carbocycles. The van der Waals surface area contributed by atoms with E-state index >= 15 is 0 Å². The lowest BCUT2D eigenvalue weighted by Crippen LogP contribution is -2.49. The lowest BCUT2D eigenvalue weighted by molar-refractivity contribution is 0.00665. The summed E-state index contributed by atoms with van der Waals surface area (Å²) < 4.78 is 5.58. The molecule has 1 aromatic heterocycles. The van der Waals surface area contributed by atoms with Crippen molar-refractivity contribution in [1.82, 2.24) is 24.7 Å². The molecule has 1 atom stereocenters. The zero-order valence-corrected chi connectivity index (χ0v) is 27.7. The molecule has 1 N–H and O–H groups in total. The van der Waals surface area contributed by atoms with Crippen molar-refractivity contribution in [2.24, 2.45) is 5.41 Å². The maximum absolute atomic E-state index is 12.6. The van der Waals surface area contributed by atoms with Gasteiger partial charge in [0.2, 0.25) is 0 Å². The fraction of sp³-hybridized carbons (Fsp3) is 0.618. The maximum atomic E-state index is 12.6. The summed E-state index contributed by atoms with van der Waals surface area (Å²) in [5, 5.41) is 13.1. The Balaban J connectivity index is 1.04. The number of ether oxygens (including phenoxy) is 1. The van der Waals surface area contributed by atoms with Crippen molar-refractivity contribution in [2.75, 3.05) is 74.5 Å². The molecule has 46 heavy (non-hydrogen) atoms. The van der Waals surface area contributed by atoms with Crippen LogP contribution in [-0.4, -0.2) is 108 Å². The first kappa shape index (κ1) is 31.7. The molecule has 4 fully saturated rings. The smallest absolute Gasteiger partial charge is 0.410 e. The molecule has 3 amide bonds. The van der Waals surface area contributed by atoms with Crippen LogP contribution in [0.4, 0.5) is 32.6 Å². The number of nitrogens with one attached hydrogen (secondary N) is 1. The molecule has 246 valence electrons. The number of carbonyl (C=O) groups is 2. The number of aromatic nitrogens is 2. The average molecular weight is 630 g/mol. The summed E-state index contributed by atoms with van der Waals surface area (Å²) in [7, 11) is 1.85. The third-order valence-corrected chi connectivity index (χ3v) is 10.1. The van der Waals surface area contributed by atoms with E-state index in [2.05, 4.69) is 38.3 Å². The normalized spacial score (nSPS) is 21.8. The van der Waals surface area contributed by atoms with Gasteiger partial charge in [0.05, 0.1) is 12.2 Å². The summed E-state index contributed by atoms with van der Waals surface area (Å²) in [5.74, 6) is 1.14. The number of nitriles is 1. The second-order valence-electron chi connectivity index (χ2n) is 14.3. The number of rotatable bonds is 5. The van der Waals surface area contributed by atoms with E-state index in [-0.39, 0.29) is 23.9 Å². The van der Waals surface area contributed by atoms with Gasteiger partial charge in [0, 0.05) is 70.8 Å². The van der Waals surface area contributed by atoms with Crippen LogP contribution in [0.3, 0.4) is 0 Å². The van der Waals surface area contributed by atoms with Gasteiger partial charge in [-0.2, -0.15) is 5.26 Å². The molecule has 0 bridgehead atoms. The monoisotopic (exact) mass is 629 g/mol. The highest BCUT2D eigenvalue weighted by atomic mass is 16.6. The first-order valence-corrected chi connectivity index (χ1v) is 16.7. The van der Waals surface area contributed by atoms with Crippen LogP contribution >= 0.6 is 0 Å². The van der Waals surface area contributed by atoms with Crippen molar-refractivity contribution >= 4 is 35.1 Å². The Morgan fingerprint density at radius 2 is 1.70 bits per heavy atom. The molecule has 4 aliphatic rings. The highest BCUT2D eigenvalue weighted by molar-refractivity contribution is 5.76. The van der Waals surface area contributed by atoms with Gasteiger partial charge in [-0.1, -0.05) is 0 Å². The maximum Gasteiger partial charge on any atom is 0.410 e. The van der Waals surface area contributed by atoms with Crippen molar-refractivity contribution < 1.29 is 14.3 Å². The van der Waals surface area contributed by atoms with Gasteiger partial charge < -0.3 is 34.6 Å². The molecule has 12 heteroatoms. The summed E-state index contributed by atoms with van der Waals surface area (Å²) in [6.07, 6.45) is 7.68. The van der Waals surface area contributed by atoms with E-state index in [4.69, 9.17) is 9.72 Å². The molecule has 1 aromatic carbocycles. The zero-order chi connectivity index (χ0) is 32.5. The molecule has 4 aliphatic heterocycles. The molecule has 0 saturated carbocycles. The second kappa shape index (κ2) is 12.9. The van der Waals surface area contributed by atoms with E-state index in [1.165, 1.54) is 5.69 Å². The Kier molecular flexibility index (Phi) is 8.86. The van der Waals surface area contributed by atoms with Gasteiger partial charge in [0.1, 0.15) is 17.5 Å². The number of likely N-dealkylation sites (N-methyl/N-ethyl adjacent to an activating group) is 1. The lowest BCUT2D eigenvalue weighted by Gasteiger charge is -2.47. The predicted molar refractivity (Wildman–Crippen MR) is 177 cm³/mol. The molecule has 5 heterocycles. The van der Waals surface area contributed by atoms with Crippen molar-refractivity contribution in [1.29, 1.82) is 5.26 Å². The molecule has 6 rings (SSSR count). The van der Waals surface area contributed by atoms with Crippen molar-refractivity contribution in [2.45, 2.75) is 70.9 Å². The first-order chi connectivity index (χ1) is 22.0. The number of carbonyl (C=O) groups excluding carboxylic acids is 2. The molecule has 2 aromatic rings. The summed E-state index contributed by atoms with van der Waals surface area (Å²) in [6.45, 7) is 12.3. The summed E-state index contributed by atoms with van der Waals surface area (Å²) in [4.78, 5) is 44.6. The van der Waals surface area contributed by atoms with Crippen molar-refractivity contribution in [3.63, 3.8) is 0 Å². The Labute approximate surface area is 272 Å². The fourth-order valence-corrected chi connectivity index (χ4v) is 7.25. The molecular weight excluding hydrogens is 582 g/mol. The number of piperidine rings is 3. The molecular formula is C34H47N9O3. The standard InChI is InChI=1S/C34H47N9O3/c1-33(2,3)46-32(45)41-18-13-34(14-19-41)11-16-40(17-12-34)26-9-7-25(8-10-26)37-30-28(22-35)36-23-29(38-30)42-15-5-6-27(24-42)43-21-20-39(4)31(43)44/h7-10,23,27H,5-6,11-21,24H2,1-4H3,(H,37,38)/t27-/m1/s1. The highest BCUT2D eigenvalue weighted by Crippen LogP contribution is 2.42. The second-order valence-corrected chi connectivity index (χ2v) is 14.3. The number of benzene rings is 1. The zero-order valence-electron chi connectivity index (χ0n) is 27.7. The van der Waals surface area contributed by atoms with E-state index in [1.54, 1.807) is 11.1 Å². The van der Waals surface area contributed by atoms with Crippen LogP contribution in [0.5, 0.6) is 0 Å². The lowest BCUT2D eigenvalue weighted by atomic mass is 9.71. The first-order valence-electron chi connectivity index (χ1n) is 16.7. The van der Waals surface area contributed by atoms with Crippen molar-refractivity contribution in [3.05, 3.63) is 36.2 Å². The summed E-state index contributed by atoms with van der Waals surface area (Å²) in [6, 6.07) is 10.7. The highest BCUT2D eigenvalue weighted by Gasteiger charge is 2.39. The molecule has 0 radical (unpaired) electrons. The van der Waals surface area contributed by atoms with Gasteiger partial charge in [-0.05, 0) is 89.0 Å². The van der Waals surface area contributed by atoms with Gasteiger partial charge in [-0.3, -0.25) is 0 Å². The fourth-order valence-electron chi connectivity index (χ4n) is 7.25. The number of nitrogens with zero attached hydrogens (tertiary/aromatic N) is 8. The molecule has 12 nitrogen and oxygen atoms in total. The van der Waals surface area contributed by atoms with Gasteiger partial charge in [0.15, 0.2) is 11.5 Å². The van der Waals surface area contributed by atoms with Gasteiger partial charge in [0.25, 0.3) is 0 Å². The molecule has 1 spiro atoms. The van der Waals surface area contributed by atoms with Gasteiger partial charge in [-0.25, -0.2) is 19.6 Å². The number of hydrogen-bond acceptors (Lipinski definition) is 9. The van der Waals surface area contributed by atoms with E-state index in [0.717, 1.165) is 90.0 Å². The minimum Gasteiger partial charge on any atom is -0.444 e. The minimum absolute atomic E-state index is 0.0910. The Morgan fingerprint density at radius 3 is 2.33 bits per heavy atom. The van der Waals surface area contributed by atoms with Crippen LogP contribution in [-0.2, 0) is 4.74 Å². The van der Waals surface area contributed by atoms with E-state index in [9.17, 15) is 14.9 Å². The number of anilines is 4. The van der Waals surface area contributed by atoms with E-state index in [1.807, 2.05) is 49.8 Å². The van der Waals surface area contributed by atoms with Crippen LogP contribution in [0, 0.1) is 16.7 Å². The molecule has 0 unspecified atom stereocenters. The predicted octanol–water partition coefficient (Wildman–Crippen LogP) is 5.05. The van der Waals surface area contributed by atoms with Crippen LogP contribution in [0.25, 0.3) is 0 Å². The number of likely N-dealkylation sites (tertiary alicyclic amines) is 1. The Morgan fingerprint density at radius 1 is 1.00 bits per heavy atom. The van der Waals surface area contributed by atoms with Crippen LogP contribution in [0.2, 0.25) is 0 Å². The van der Waals surface area contributed by atoms with E-state index < -0.39 is 5.60 Å². The topological polar surface area (TPSA) is 121 Å². The Bertz CT molecular complexity index is 1450. The minimum atomic E-state index is -0.469. The quantitative estimate of drug-likeness (QED) is 0.485. The number of urea groups is 1. The molecule has 4 saturated heterocycles. The number of hydrogen-bond donors (Lipinski definition) is 1. The van der Waals surface area contributed by atoms with Gasteiger partial charge >= 0.3 is 12.1 Å². The summed E-state index contributed by atoms with van der Waals surface area (Å²) >= 11 is 0. The van der Waals surface area contributed by atoms with Crippen LogP contribution < -0.4 is 15.1 Å². The summed E-state index contributed by atoms with van der Waals surface area (Å²) in [5.41, 5.74) is 2.09. The third kappa shape index (κ3) is 6.93. The van der Waals surface area contributed by atoms with Crippen LogP contribution in [0.1, 0.15) is 65.0 Å². The Hall–Kier alpha value is -4.27. The number of amides is 3. The average Bonchev–Trinajstić information content (AvgIpc) is 3.39. The van der Waals surface area contributed by atoms with Gasteiger partial charge in [-0.15, -0.1) is 0 Å². The largest absolute Gasteiger partial charge is 0.444 e. The SMILES string of the molecule is CN1CCN([C@@H]2CCCN(c3cnc(C#N)c(Nc4ccc(N5CCC6(CCN(C(=O)OC(C)(C)C)CC6)CC5)cc4)n3)C2)C1=O. The van der Waals surface area contributed by atoms with Crippen LogP contribution in [0.15, 0.2) is 30.5 Å². The third-order valence-electron chi connectivity index (χ3n) is 10.1. The van der Waals surface area contributed by atoms with E-state index in [0.29, 0.717) is 23.6 Å².